The number of nitrogens with zero attached hydrogens (tertiary/aromatic N) is 2. The van der Waals surface area contributed by atoms with Gasteiger partial charge in [0.05, 0.1) is 4.92 Å². The van der Waals surface area contributed by atoms with Crippen molar-refractivity contribution < 1.29 is 14.8 Å². The van der Waals surface area contributed by atoms with Crippen molar-refractivity contribution in [1.82, 2.24) is 4.90 Å². The Bertz CT molecular complexity index is 474. The third kappa shape index (κ3) is 3.75. The molecule has 0 aliphatic rings. The van der Waals surface area contributed by atoms with Crippen LogP contribution in [0.5, 0.6) is 0 Å². The molecule has 0 saturated carbocycles. The van der Waals surface area contributed by atoms with Gasteiger partial charge < -0.3 is 10.0 Å². The normalized spacial score (nSPS) is 10.3. The highest BCUT2D eigenvalue weighted by molar-refractivity contribution is 5.95. The van der Waals surface area contributed by atoms with E-state index in [4.69, 9.17) is 5.11 Å². The molecule has 0 bridgehead atoms. The van der Waals surface area contributed by atoms with Crippen LogP contribution < -0.4 is 0 Å². The van der Waals surface area contributed by atoms with E-state index in [1.165, 1.54) is 6.07 Å². The molecule has 6 nitrogen and oxygen atoms in total. The van der Waals surface area contributed by atoms with E-state index in [1.807, 2.05) is 6.92 Å². The van der Waals surface area contributed by atoms with Gasteiger partial charge in [-0.1, -0.05) is 6.07 Å². The number of hydrogen-bond acceptors (Lipinski definition) is 4. The third-order valence-corrected chi connectivity index (χ3v) is 2.91. The number of hydrogen-bond donors (Lipinski definition) is 1. The van der Waals surface area contributed by atoms with Gasteiger partial charge in [-0.3, -0.25) is 14.9 Å². The Morgan fingerprint density at radius 1 is 1.47 bits per heavy atom. The topological polar surface area (TPSA) is 83.7 Å². The summed E-state index contributed by atoms with van der Waals surface area (Å²) in [7, 11) is 0. The van der Waals surface area contributed by atoms with E-state index in [1.54, 1.807) is 24.0 Å². The average molecular weight is 266 g/mol. The molecule has 0 fully saturated rings. The molecule has 0 saturated heterocycles. The number of aryl methyl sites for hydroxylation is 1. The fraction of sp³-hybridized carbons (Fsp3) is 0.462. The van der Waals surface area contributed by atoms with Crippen LogP contribution >= 0.6 is 0 Å². The Balaban J connectivity index is 2.98. The molecule has 0 aromatic heterocycles. The first-order chi connectivity index (χ1) is 9.01. The number of aliphatic hydroxyl groups excluding tert-OH is 1. The quantitative estimate of drug-likeness (QED) is 0.628. The fourth-order valence-electron chi connectivity index (χ4n) is 1.79. The molecule has 0 spiro atoms. The monoisotopic (exact) mass is 266 g/mol. The fourth-order valence-corrected chi connectivity index (χ4v) is 1.79. The Labute approximate surface area is 111 Å². The lowest BCUT2D eigenvalue weighted by Crippen LogP contribution is -2.32. The number of benzene rings is 1. The van der Waals surface area contributed by atoms with Crippen LogP contribution in [0.15, 0.2) is 18.2 Å². The molecule has 0 atom stereocenters. The minimum absolute atomic E-state index is 0.0117. The van der Waals surface area contributed by atoms with Gasteiger partial charge in [-0.2, -0.15) is 0 Å². The molecule has 104 valence electrons. The second-order valence-corrected chi connectivity index (χ2v) is 4.22. The maximum Gasteiger partial charge on any atom is 0.273 e. The zero-order valence-corrected chi connectivity index (χ0v) is 11.1. The SMILES string of the molecule is CCN(CCCO)C(=O)c1ccc(C)c([N+](=O)[O-])c1. The van der Waals surface area contributed by atoms with Gasteiger partial charge >= 0.3 is 0 Å². The molecule has 19 heavy (non-hydrogen) atoms. The molecule has 0 unspecified atom stereocenters. The van der Waals surface area contributed by atoms with Crippen LogP contribution in [0, 0.1) is 17.0 Å². The molecular weight excluding hydrogens is 248 g/mol. The molecule has 1 aromatic rings. The summed E-state index contributed by atoms with van der Waals surface area (Å²) < 4.78 is 0. The molecule has 1 rings (SSSR count). The van der Waals surface area contributed by atoms with Gasteiger partial charge in [0.25, 0.3) is 11.6 Å². The van der Waals surface area contributed by atoms with Crippen LogP contribution in [0.2, 0.25) is 0 Å². The second-order valence-electron chi connectivity index (χ2n) is 4.22. The summed E-state index contributed by atoms with van der Waals surface area (Å²) in [5.74, 6) is -0.251. The molecule has 6 heteroatoms. The van der Waals surface area contributed by atoms with Gasteiger partial charge in [-0.25, -0.2) is 0 Å². The van der Waals surface area contributed by atoms with Crippen molar-refractivity contribution in [3.8, 4) is 0 Å². The van der Waals surface area contributed by atoms with E-state index < -0.39 is 4.92 Å². The lowest BCUT2D eigenvalue weighted by atomic mass is 10.1. The molecule has 1 amide bonds. The summed E-state index contributed by atoms with van der Waals surface area (Å²) >= 11 is 0. The van der Waals surface area contributed by atoms with Crippen LogP contribution in [-0.2, 0) is 0 Å². The summed E-state index contributed by atoms with van der Waals surface area (Å²) in [6.07, 6.45) is 0.494. The Hall–Kier alpha value is -1.95. The van der Waals surface area contributed by atoms with Crippen molar-refractivity contribution in [2.24, 2.45) is 0 Å². The van der Waals surface area contributed by atoms with Crippen LogP contribution in [0.3, 0.4) is 0 Å². The highest BCUT2D eigenvalue weighted by Gasteiger charge is 2.18. The zero-order valence-electron chi connectivity index (χ0n) is 11.1. The van der Waals surface area contributed by atoms with Crippen LogP contribution in [-0.4, -0.2) is 40.5 Å². The maximum absolute atomic E-state index is 12.2. The molecule has 1 N–H and O–H groups in total. The minimum Gasteiger partial charge on any atom is -0.396 e. The van der Waals surface area contributed by atoms with Crippen molar-refractivity contribution in [3.63, 3.8) is 0 Å². The maximum atomic E-state index is 12.2. The summed E-state index contributed by atoms with van der Waals surface area (Å²) in [5.41, 5.74) is 0.779. The van der Waals surface area contributed by atoms with Crippen molar-refractivity contribution in [2.75, 3.05) is 19.7 Å². The lowest BCUT2D eigenvalue weighted by Gasteiger charge is -2.20. The van der Waals surface area contributed by atoms with Gasteiger partial charge in [0.15, 0.2) is 0 Å². The summed E-state index contributed by atoms with van der Waals surface area (Å²) in [4.78, 5) is 24.1. The Morgan fingerprint density at radius 2 is 2.16 bits per heavy atom. The first-order valence-corrected chi connectivity index (χ1v) is 6.16. The first kappa shape index (κ1) is 15.1. The molecular formula is C13H18N2O4. The lowest BCUT2D eigenvalue weighted by molar-refractivity contribution is -0.385. The molecule has 1 aromatic carbocycles. The second kappa shape index (κ2) is 6.84. The summed E-state index contributed by atoms with van der Waals surface area (Å²) in [5, 5.41) is 19.6. The predicted octanol–water partition coefficient (Wildman–Crippen LogP) is 1.75. The van der Waals surface area contributed by atoms with Crippen molar-refractivity contribution in [1.29, 1.82) is 0 Å². The third-order valence-electron chi connectivity index (χ3n) is 2.91. The van der Waals surface area contributed by atoms with Crippen molar-refractivity contribution in [3.05, 3.63) is 39.4 Å². The van der Waals surface area contributed by atoms with Gasteiger partial charge in [0, 0.05) is 36.9 Å². The van der Waals surface area contributed by atoms with E-state index >= 15 is 0 Å². The number of carbonyl (C=O) groups excluding carboxylic acids is 1. The molecule has 0 heterocycles. The van der Waals surface area contributed by atoms with Gasteiger partial charge in [-0.05, 0) is 26.3 Å². The van der Waals surface area contributed by atoms with E-state index in [2.05, 4.69) is 0 Å². The minimum atomic E-state index is -0.490. The number of rotatable bonds is 6. The summed E-state index contributed by atoms with van der Waals surface area (Å²) in [6.45, 7) is 4.42. The predicted molar refractivity (Wildman–Crippen MR) is 71.1 cm³/mol. The average Bonchev–Trinajstić information content (AvgIpc) is 2.39. The molecule has 0 aliphatic heterocycles. The van der Waals surface area contributed by atoms with E-state index in [9.17, 15) is 14.9 Å². The highest BCUT2D eigenvalue weighted by Crippen LogP contribution is 2.20. The Morgan fingerprint density at radius 3 is 2.68 bits per heavy atom. The van der Waals surface area contributed by atoms with Gasteiger partial charge in [0.1, 0.15) is 0 Å². The molecule has 0 aliphatic carbocycles. The van der Waals surface area contributed by atoms with E-state index in [0.29, 0.717) is 30.6 Å². The van der Waals surface area contributed by atoms with Crippen molar-refractivity contribution in [2.45, 2.75) is 20.3 Å². The van der Waals surface area contributed by atoms with Crippen LogP contribution in [0.4, 0.5) is 5.69 Å². The van der Waals surface area contributed by atoms with Gasteiger partial charge in [-0.15, -0.1) is 0 Å². The van der Waals surface area contributed by atoms with Gasteiger partial charge in [0.2, 0.25) is 0 Å². The zero-order chi connectivity index (χ0) is 14.4. The van der Waals surface area contributed by atoms with E-state index in [0.717, 1.165) is 0 Å². The first-order valence-electron chi connectivity index (χ1n) is 6.16. The number of carbonyl (C=O) groups is 1. The standard InChI is InChI=1S/C13H18N2O4/c1-3-14(7-4-8-16)13(17)11-6-5-10(2)12(9-11)15(18)19/h5-6,9,16H,3-4,7-8H2,1-2H3. The highest BCUT2D eigenvalue weighted by atomic mass is 16.6. The van der Waals surface area contributed by atoms with Crippen molar-refractivity contribution >= 4 is 11.6 Å². The number of nitro groups is 1. The van der Waals surface area contributed by atoms with E-state index in [-0.39, 0.29) is 18.2 Å². The van der Waals surface area contributed by atoms with Crippen LogP contribution in [0.25, 0.3) is 0 Å². The molecule has 0 radical (unpaired) electrons. The largest absolute Gasteiger partial charge is 0.396 e. The number of aliphatic hydroxyl groups is 1. The number of nitro benzene ring substituents is 1. The smallest absolute Gasteiger partial charge is 0.273 e. The Kier molecular flexibility index (Phi) is 5.44. The number of amides is 1. The van der Waals surface area contributed by atoms with Crippen LogP contribution in [0.1, 0.15) is 29.3 Å². The summed E-state index contributed by atoms with van der Waals surface area (Å²) in [6, 6.07) is 4.47.